The van der Waals surface area contributed by atoms with Crippen molar-refractivity contribution in [1.29, 1.82) is 0 Å². The molecular weight excluding hydrogens is 262 g/mol. The zero-order valence-electron chi connectivity index (χ0n) is 12.3. The van der Waals surface area contributed by atoms with Gasteiger partial charge in [0.2, 0.25) is 5.95 Å². The Morgan fingerprint density at radius 1 is 1.19 bits per heavy atom. The number of aromatic amines is 1. The Bertz CT molecular complexity index is 608. The lowest BCUT2D eigenvalue weighted by molar-refractivity contribution is 0.479. The number of anilines is 1. The van der Waals surface area contributed by atoms with Gasteiger partial charge in [0.25, 0.3) is 0 Å². The van der Waals surface area contributed by atoms with Crippen molar-refractivity contribution in [3.63, 3.8) is 0 Å². The molecule has 2 heterocycles. The molecule has 1 aliphatic heterocycles. The summed E-state index contributed by atoms with van der Waals surface area (Å²) in [6.45, 7) is 5.16. The first-order chi connectivity index (χ1) is 10.3. The molecule has 2 aromatic rings. The van der Waals surface area contributed by atoms with Crippen LogP contribution in [0.3, 0.4) is 0 Å². The second kappa shape index (κ2) is 5.15. The number of piperazine rings is 1. The molecule has 5 heteroatoms. The maximum atomic E-state index is 4.74. The minimum Gasteiger partial charge on any atom is -0.337 e. The van der Waals surface area contributed by atoms with Gasteiger partial charge in [0.05, 0.1) is 0 Å². The lowest BCUT2D eigenvalue weighted by Gasteiger charge is -2.30. The van der Waals surface area contributed by atoms with Crippen LogP contribution in [0.2, 0.25) is 0 Å². The highest BCUT2D eigenvalue weighted by Crippen LogP contribution is 2.53. The molecule has 1 aromatic heterocycles. The van der Waals surface area contributed by atoms with Crippen molar-refractivity contribution in [3.8, 4) is 0 Å². The van der Waals surface area contributed by atoms with Crippen molar-refractivity contribution < 1.29 is 0 Å². The number of nitrogens with zero attached hydrogens (tertiary/aromatic N) is 3. The molecule has 3 atom stereocenters. The maximum Gasteiger partial charge on any atom is 0.244 e. The highest BCUT2D eigenvalue weighted by molar-refractivity contribution is 5.35. The molecule has 2 aliphatic rings. The fourth-order valence-electron chi connectivity index (χ4n) is 3.25. The highest BCUT2D eigenvalue weighted by Gasteiger charge is 2.42. The van der Waals surface area contributed by atoms with E-state index in [-0.39, 0.29) is 0 Å². The monoisotopic (exact) mass is 283 g/mol. The van der Waals surface area contributed by atoms with Crippen molar-refractivity contribution >= 4 is 5.95 Å². The van der Waals surface area contributed by atoms with E-state index in [9.17, 15) is 0 Å². The van der Waals surface area contributed by atoms with Gasteiger partial charge in [0.1, 0.15) is 5.82 Å². The van der Waals surface area contributed by atoms with E-state index < -0.39 is 0 Å². The van der Waals surface area contributed by atoms with E-state index >= 15 is 0 Å². The molecule has 2 N–H and O–H groups in total. The second-order valence-electron chi connectivity index (χ2n) is 6.18. The van der Waals surface area contributed by atoms with Crippen LogP contribution in [0, 0.1) is 0 Å². The fourth-order valence-corrected chi connectivity index (χ4v) is 3.25. The standard InChI is InChI=1S/C16H21N5/c1-11-10-21(8-7-17-11)16-18-15(19-20-16)14-9-13(14)12-5-3-2-4-6-12/h2-6,11,13-14,17H,7-10H2,1H3,(H,18,19,20)/t11-,13?,14?/m1/s1. The van der Waals surface area contributed by atoms with Gasteiger partial charge in [-0.1, -0.05) is 30.3 Å². The Labute approximate surface area is 124 Å². The summed E-state index contributed by atoms with van der Waals surface area (Å²) in [6.07, 6.45) is 1.18. The molecule has 2 fully saturated rings. The van der Waals surface area contributed by atoms with Crippen molar-refractivity contribution in [2.45, 2.75) is 31.2 Å². The summed E-state index contributed by atoms with van der Waals surface area (Å²) in [5.41, 5.74) is 1.41. The number of benzene rings is 1. The van der Waals surface area contributed by atoms with E-state index in [0.29, 0.717) is 17.9 Å². The van der Waals surface area contributed by atoms with Crippen LogP contribution in [0.25, 0.3) is 0 Å². The molecule has 4 rings (SSSR count). The van der Waals surface area contributed by atoms with E-state index in [0.717, 1.165) is 31.4 Å². The van der Waals surface area contributed by atoms with Crippen LogP contribution in [-0.4, -0.2) is 40.9 Å². The minimum atomic E-state index is 0.499. The number of hydrogen-bond acceptors (Lipinski definition) is 4. The summed E-state index contributed by atoms with van der Waals surface area (Å²) in [4.78, 5) is 7.00. The Balaban J connectivity index is 1.46. The Morgan fingerprint density at radius 3 is 2.86 bits per heavy atom. The van der Waals surface area contributed by atoms with Gasteiger partial charge >= 0.3 is 0 Å². The first-order valence-electron chi connectivity index (χ1n) is 7.77. The van der Waals surface area contributed by atoms with E-state index in [1.54, 1.807) is 0 Å². The molecule has 21 heavy (non-hydrogen) atoms. The molecule has 5 nitrogen and oxygen atoms in total. The van der Waals surface area contributed by atoms with Gasteiger partial charge in [-0.2, -0.15) is 4.98 Å². The molecule has 0 radical (unpaired) electrons. The van der Waals surface area contributed by atoms with Gasteiger partial charge in [0, 0.05) is 31.6 Å². The van der Waals surface area contributed by atoms with Crippen molar-refractivity contribution in [3.05, 3.63) is 41.7 Å². The van der Waals surface area contributed by atoms with Crippen LogP contribution in [0.4, 0.5) is 5.95 Å². The lowest BCUT2D eigenvalue weighted by Crippen LogP contribution is -2.49. The predicted molar refractivity (Wildman–Crippen MR) is 82.6 cm³/mol. The Hall–Kier alpha value is -1.88. The highest BCUT2D eigenvalue weighted by atomic mass is 15.4. The smallest absolute Gasteiger partial charge is 0.244 e. The molecule has 0 spiro atoms. The molecule has 1 aromatic carbocycles. The average Bonchev–Trinajstić information content (AvgIpc) is 3.17. The van der Waals surface area contributed by atoms with Crippen LogP contribution in [0.5, 0.6) is 0 Å². The minimum absolute atomic E-state index is 0.499. The quantitative estimate of drug-likeness (QED) is 0.903. The number of nitrogens with one attached hydrogen (secondary N) is 2. The molecule has 1 saturated heterocycles. The van der Waals surface area contributed by atoms with Crippen molar-refractivity contribution in [2.24, 2.45) is 0 Å². The summed E-state index contributed by atoms with van der Waals surface area (Å²) < 4.78 is 0. The van der Waals surface area contributed by atoms with Crippen LogP contribution in [-0.2, 0) is 0 Å². The predicted octanol–water partition coefficient (Wildman–Crippen LogP) is 1.87. The summed E-state index contributed by atoms with van der Waals surface area (Å²) >= 11 is 0. The Kier molecular flexibility index (Phi) is 3.15. The summed E-state index contributed by atoms with van der Waals surface area (Å²) in [6, 6.07) is 11.2. The molecule has 2 unspecified atom stereocenters. The first kappa shape index (κ1) is 12.8. The number of hydrogen-bond donors (Lipinski definition) is 2. The average molecular weight is 283 g/mol. The van der Waals surface area contributed by atoms with E-state index in [4.69, 9.17) is 4.98 Å². The third-order valence-corrected chi connectivity index (χ3v) is 4.51. The van der Waals surface area contributed by atoms with Gasteiger partial charge < -0.3 is 10.2 Å². The lowest BCUT2D eigenvalue weighted by atomic mass is 10.1. The van der Waals surface area contributed by atoms with E-state index in [1.165, 1.54) is 12.0 Å². The van der Waals surface area contributed by atoms with Crippen LogP contribution in [0.1, 0.15) is 36.6 Å². The zero-order valence-corrected chi connectivity index (χ0v) is 12.3. The molecule has 0 amide bonds. The van der Waals surface area contributed by atoms with Crippen molar-refractivity contribution in [1.82, 2.24) is 20.5 Å². The topological polar surface area (TPSA) is 56.8 Å². The Morgan fingerprint density at radius 2 is 2.05 bits per heavy atom. The summed E-state index contributed by atoms with van der Waals surface area (Å²) in [5, 5.41) is 11.0. The molecule has 110 valence electrons. The summed E-state index contributed by atoms with van der Waals surface area (Å²) in [5.74, 6) is 3.02. The molecule has 1 saturated carbocycles. The maximum absolute atomic E-state index is 4.74. The van der Waals surface area contributed by atoms with Gasteiger partial charge in [-0.15, -0.1) is 5.10 Å². The number of rotatable bonds is 3. The van der Waals surface area contributed by atoms with Gasteiger partial charge in [-0.25, -0.2) is 0 Å². The van der Waals surface area contributed by atoms with Gasteiger partial charge in [0.15, 0.2) is 0 Å². The summed E-state index contributed by atoms with van der Waals surface area (Å²) in [7, 11) is 0. The first-order valence-corrected chi connectivity index (χ1v) is 7.77. The van der Waals surface area contributed by atoms with Crippen LogP contribution >= 0.6 is 0 Å². The van der Waals surface area contributed by atoms with E-state index in [2.05, 4.69) is 57.7 Å². The fraction of sp³-hybridized carbons (Fsp3) is 0.500. The SMILES string of the molecule is C[C@@H]1CN(c2n[nH]c(C3CC3c3ccccc3)n2)CCN1. The number of aromatic nitrogens is 3. The van der Waals surface area contributed by atoms with Gasteiger partial charge in [-0.05, 0) is 24.8 Å². The third-order valence-electron chi connectivity index (χ3n) is 4.51. The van der Waals surface area contributed by atoms with Crippen LogP contribution < -0.4 is 10.2 Å². The van der Waals surface area contributed by atoms with E-state index in [1.807, 2.05) is 0 Å². The number of H-pyrrole nitrogens is 1. The van der Waals surface area contributed by atoms with Crippen molar-refractivity contribution in [2.75, 3.05) is 24.5 Å². The normalized spacial score (nSPS) is 28.6. The molecule has 1 aliphatic carbocycles. The molecular formula is C16H21N5. The van der Waals surface area contributed by atoms with Crippen LogP contribution in [0.15, 0.2) is 30.3 Å². The zero-order chi connectivity index (χ0) is 14.2. The largest absolute Gasteiger partial charge is 0.337 e. The molecule has 0 bridgehead atoms. The third kappa shape index (κ3) is 2.53. The van der Waals surface area contributed by atoms with Gasteiger partial charge in [-0.3, -0.25) is 5.10 Å². The second-order valence-corrected chi connectivity index (χ2v) is 6.18.